The minimum Gasteiger partial charge on any atom is -0.506 e. The topological polar surface area (TPSA) is 66.8 Å². The van der Waals surface area contributed by atoms with E-state index in [1.165, 1.54) is 13.2 Å². The van der Waals surface area contributed by atoms with Gasteiger partial charge < -0.3 is 14.9 Å². The van der Waals surface area contributed by atoms with Crippen molar-refractivity contribution in [2.45, 2.75) is 32.6 Å². The maximum absolute atomic E-state index is 12.0. The van der Waals surface area contributed by atoms with E-state index in [9.17, 15) is 15.0 Å². The first-order valence-electron chi connectivity index (χ1n) is 5.84. The second kappa shape index (κ2) is 6.50. The first-order chi connectivity index (χ1) is 8.52. The van der Waals surface area contributed by atoms with Gasteiger partial charge in [0.25, 0.3) is 0 Å². The second-order valence-electron chi connectivity index (χ2n) is 4.02. The molecule has 0 spiro atoms. The zero-order chi connectivity index (χ0) is 13.7. The van der Waals surface area contributed by atoms with Crippen LogP contribution in [0.3, 0.4) is 0 Å². The normalized spacial score (nSPS) is 10.4. The van der Waals surface area contributed by atoms with Gasteiger partial charge in [0.15, 0.2) is 11.5 Å². The standard InChI is InChI=1S/C13H17ClO4/c1-3-4-5-6-8(15)11-10(18-2)7-9(16)12(14)13(11)17/h7,16-17H,3-6H2,1-2H3. The van der Waals surface area contributed by atoms with Crippen LogP contribution in [0.1, 0.15) is 43.0 Å². The summed E-state index contributed by atoms with van der Waals surface area (Å²) in [6.07, 6.45) is 3.02. The van der Waals surface area contributed by atoms with Gasteiger partial charge in [-0.1, -0.05) is 31.4 Å². The van der Waals surface area contributed by atoms with Crippen LogP contribution in [-0.4, -0.2) is 23.1 Å². The molecule has 0 amide bonds. The number of carbonyl (C=O) groups excluding carboxylic acids is 1. The van der Waals surface area contributed by atoms with Crippen LogP contribution in [0.4, 0.5) is 0 Å². The Kier molecular flexibility index (Phi) is 5.28. The number of aromatic hydroxyl groups is 2. The Morgan fingerprint density at radius 1 is 1.39 bits per heavy atom. The predicted octanol–water partition coefficient (Wildman–Crippen LogP) is 3.52. The number of unbranched alkanes of at least 4 members (excludes halogenated alkanes) is 2. The molecule has 5 heteroatoms. The molecule has 0 saturated heterocycles. The Morgan fingerprint density at radius 3 is 2.61 bits per heavy atom. The average molecular weight is 273 g/mol. The highest BCUT2D eigenvalue weighted by molar-refractivity contribution is 6.34. The van der Waals surface area contributed by atoms with Gasteiger partial charge in [-0.3, -0.25) is 4.79 Å². The van der Waals surface area contributed by atoms with Crippen molar-refractivity contribution >= 4 is 17.4 Å². The molecule has 1 aromatic rings. The Bertz CT molecular complexity index is 443. The monoisotopic (exact) mass is 272 g/mol. The molecular formula is C13H17ClO4. The van der Waals surface area contributed by atoms with Gasteiger partial charge in [0.05, 0.1) is 7.11 Å². The highest BCUT2D eigenvalue weighted by Crippen LogP contribution is 2.41. The van der Waals surface area contributed by atoms with Crippen molar-refractivity contribution in [1.82, 2.24) is 0 Å². The number of ketones is 1. The van der Waals surface area contributed by atoms with E-state index >= 15 is 0 Å². The molecule has 0 radical (unpaired) electrons. The molecule has 4 nitrogen and oxygen atoms in total. The molecule has 2 N–H and O–H groups in total. The third-order valence-corrected chi connectivity index (χ3v) is 3.06. The molecule has 0 fully saturated rings. The smallest absolute Gasteiger partial charge is 0.170 e. The lowest BCUT2D eigenvalue weighted by Gasteiger charge is -2.12. The molecule has 1 aromatic carbocycles. The van der Waals surface area contributed by atoms with Gasteiger partial charge in [0, 0.05) is 12.5 Å². The summed E-state index contributed by atoms with van der Waals surface area (Å²) in [5.74, 6) is -0.832. The van der Waals surface area contributed by atoms with Gasteiger partial charge in [0.2, 0.25) is 0 Å². The average Bonchev–Trinajstić information content (AvgIpc) is 2.35. The van der Waals surface area contributed by atoms with E-state index in [0.29, 0.717) is 6.42 Å². The number of phenolic OH excluding ortho intramolecular Hbond substituents is 2. The van der Waals surface area contributed by atoms with E-state index in [1.54, 1.807) is 0 Å². The van der Waals surface area contributed by atoms with E-state index in [-0.39, 0.29) is 27.9 Å². The van der Waals surface area contributed by atoms with Crippen LogP contribution in [0.5, 0.6) is 17.2 Å². The molecule has 1 rings (SSSR count). The molecular weight excluding hydrogens is 256 g/mol. The summed E-state index contributed by atoms with van der Waals surface area (Å²) in [6, 6.07) is 1.23. The summed E-state index contributed by atoms with van der Waals surface area (Å²) in [7, 11) is 1.37. The van der Waals surface area contributed by atoms with Crippen molar-refractivity contribution in [3.05, 3.63) is 16.7 Å². The number of halogens is 1. The lowest BCUT2D eigenvalue weighted by Crippen LogP contribution is -2.03. The van der Waals surface area contributed by atoms with Crippen LogP contribution < -0.4 is 4.74 Å². The summed E-state index contributed by atoms with van der Waals surface area (Å²) >= 11 is 5.71. The van der Waals surface area contributed by atoms with Gasteiger partial charge in [-0.25, -0.2) is 0 Å². The Hall–Kier alpha value is -1.42. The molecule has 0 unspecified atom stereocenters. The molecule has 0 aromatic heterocycles. The van der Waals surface area contributed by atoms with Crippen LogP contribution in [0.2, 0.25) is 5.02 Å². The van der Waals surface area contributed by atoms with Gasteiger partial charge in [0.1, 0.15) is 22.1 Å². The number of benzene rings is 1. The van der Waals surface area contributed by atoms with Crippen molar-refractivity contribution in [2.24, 2.45) is 0 Å². The lowest BCUT2D eigenvalue weighted by atomic mass is 10.0. The second-order valence-corrected chi connectivity index (χ2v) is 4.39. The molecule has 0 heterocycles. The number of ether oxygens (including phenoxy) is 1. The van der Waals surface area contributed by atoms with Gasteiger partial charge in [-0.05, 0) is 6.42 Å². The van der Waals surface area contributed by atoms with Gasteiger partial charge in [-0.15, -0.1) is 0 Å². The SMILES string of the molecule is CCCCCC(=O)c1c(OC)cc(O)c(Cl)c1O. The van der Waals surface area contributed by atoms with E-state index < -0.39 is 5.75 Å². The third-order valence-electron chi connectivity index (χ3n) is 2.69. The number of hydrogen-bond donors (Lipinski definition) is 2. The molecule has 0 aliphatic rings. The first-order valence-corrected chi connectivity index (χ1v) is 6.22. The molecule has 0 aliphatic carbocycles. The quantitative estimate of drug-likeness (QED) is 0.614. The summed E-state index contributed by atoms with van der Waals surface area (Å²) in [6.45, 7) is 2.04. The van der Waals surface area contributed by atoms with Gasteiger partial charge in [-0.2, -0.15) is 0 Å². The van der Waals surface area contributed by atoms with E-state index in [4.69, 9.17) is 16.3 Å². The maximum Gasteiger partial charge on any atom is 0.170 e. The van der Waals surface area contributed by atoms with Crippen LogP contribution in [0.15, 0.2) is 6.07 Å². The Balaban J connectivity index is 3.06. The molecule has 0 saturated carbocycles. The zero-order valence-corrected chi connectivity index (χ0v) is 11.3. The maximum atomic E-state index is 12.0. The predicted molar refractivity (Wildman–Crippen MR) is 69.8 cm³/mol. The minimum absolute atomic E-state index is 0.0383. The van der Waals surface area contributed by atoms with Crippen LogP contribution in [0, 0.1) is 0 Å². The van der Waals surface area contributed by atoms with Crippen molar-refractivity contribution in [3.8, 4) is 17.2 Å². The zero-order valence-electron chi connectivity index (χ0n) is 10.5. The summed E-state index contributed by atoms with van der Waals surface area (Å²) in [5, 5.41) is 19.0. The fourth-order valence-corrected chi connectivity index (χ4v) is 1.85. The first kappa shape index (κ1) is 14.6. The van der Waals surface area contributed by atoms with Gasteiger partial charge >= 0.3 is 0 Å². The lowest BCUT2D eigenvalue weighted by molar-refractivity contribution is 0.0973. The number of Topliss-reactive ketones (excluding diaryl/α,β-unsaturated/α-hetero) is 1. The third kappa shape index (κ3) is 3.07. The summed E-state index contributed by atoms with van der Waals surface area (Å²) in [4.78, 5) is 12.0. The fraction of sp³-hybridized carbons (Fsp3) is 0.462. The van der Waals surface area contributed by atoms with Crippen LogP contribution in [-0.2, 0) is 0 Å². The number of methoxy groups -OCH3 is 1. The molecule has 0 atom stereocenters. The number of carbonyl (C=O) groups is 1. The van der Waals surface area contributed by atoms with E-state index in [0.717, 1.165) is 19.3 Å². The molecule has 0 aliphatic heterocycles. The van der Waals surface area contributed by atoms with E-state index in [2.05, 4.69) is 0 Å². The molecule has 0 bridgehead atoms. The largest absolute Gasteiger partial charge is 0.506 e. The Labute approximate surface area is 111 Å². The van der Waals surface area contributed by atoms with Crippen molar-refractivity contribution < 1.29 is 19.7 Å². The summed E-state index contributed by atoms with van der Waals surface area (Å²) < 4.78 is 4.99. The number of phenols is 2. The highest BCUT2D eigenvalue weighted by atomic mass is 35.5. The number of hydrogen-bond acceptors (Lipinski definition) is 4. The highest BCUT2D eigenvalue weighted by Gasteiger charge is 2.22. The Morgan fingerprint density at radius 2 is 2.06 bits per heavy atom. The minimum atomic E-state index is -0.421. The van der Waals surface area contributed by atoms with Crippen molar-refractivity contribution in [2.75, 3.05) is 7.11 Å². The fourth-order valence-electron chi connectivity index (χ4n) is 1.70. The van der Waals surface area contributed by atoms with Crippen LogP contribution >= 0.6 is 11.6 Å². The van der Waals surface area contributed by atoms with E-state index in [1.807, 2.05) is 6.92 Å². The van der Waals surface area contributed by atoms with Crippen molar-refractivity contribution in [3.63, 3.8) is 0 Å². The number of rotatable bonds is 6. The van der Waals surface area contributed by atoms with Crippen molar-refractivity contribution in [1.29, 1.82) is 0 Å². The molecule has 18 heavy (non-hydrogen) atoms. The van der Waals surface area contributed by atoms with Crippen LogP contribution in [0.25, 0.3) is 0 Å². The molecule has 100 valence electrons. The summed E-state index contributed by atoms with van der Waals surface area (Å²) in [5.41, 5.74) is 0.0383.